The normalized spacial score (nSPS) is 10.4. The first-order valence-corrected chi connectivity index (χ1v) is 7.76. The lowest BCUT2D eigenvalue weighted by molar-refractivity contribution is 0.0697. The van der Waals surface area contributed by atoms with Gasteiger partial charge in [-0.1, -0.05) is 42.5 Å². The van der Waals surface area contributed by atoms with Gasteiger partial charge in [-0.3, -0.25) is 4.90 Å². The van der Waals surface area contributed by atoms with Crippen molar-refractivity contribution >= 4 is 28.5 Å². The topological polar surface area (TPSA) is 66.8 Å². The molecule has 3 aromatic rings. The van der Waals surface area contributed by atoms with E-state index in [0.29, 0.717) is 5.69 Å². The van der Waals surface area contributed by atoms with Crippen LogP contribution in [0.15, 0.2) is 66.7 Å². The number of hydrogen-bond donors (Lipinski definition) is 1. The Morgan fingerprint density at radius 1 is 0.960 bits per heavy atom. The molecule has 0 atom stereocenters. The molecule has 0 radical (unpaired) electrons. The monoisotopic (exact) mass is 335 g/mol. The number of carbonyl (C=O) groups is 2. The Hall–Kier alpha value is -3.34. The quantitative estimate of drug-likeness (QED) is 0.771. The van der Waals surface area contributed by atoms with Crippen LogP contribution < -0.4 is 4.90 Å². The number of amides is 1. The van der Waals surface area contributed by atoms with Crippen molar-refractivity contribution in [3.63, 3.8) is 0 Å². The van der Waals surface area contributed by atoms with E-state index < -0.39 is 12.1 Å². The third-order valence-electron chi connectivity index (χ3n) is 3.94. The summed E-state index contributed by atoms with van der Waals surface area (Å²) in [5, 5.41) is 10.7. The molecule has 0 aliphatic heterocycles. The summed E-state index contributed by atoms with van der Waals surface area (Å²) in [6.45, 7) is 0.208. The van der Waals surface area contributed by atoms with Crippen molar-refractivity contribution in [1.82, 2.24) is 0 Å². The maximum absolute atomic E-state index is 12.2. The fourth-order valence-corrected chi connectivity index (χ4v) is 2.50. The fraction of sp³-hybridized carbons (Fsp3) is 0.100. The predicted octanol–water partition coefficient (Wildman–Crippen LogP) is 4.31. The molecular weight excluding hydrogens is 318 g/mol. The number of benzene rings is 3. The second kappa shape index (κ2) is 7.05. The number of carboxylic acids is 1. The number of ether oxygens (including phenoxy) is 1. The first kappa shape index (κ1) is 16.5. The molecule has 0 fully saturated rings. The van der Waals surface area contributed by atoms with Crippen LogP contribution in [0.25, 0.3) is 10.8 Å². The predicted molar refractivity (Wildman–Crippen MR) is 95.9 cm³/mol. The molecule has 0 bridgehead atoms. The zero-order valence-corrected chi connectivity index (χ0v) is 13.7. The number of aromatic carboxylic acids is 1. The highest BCUT2D eigenvalue weighted by Gasteiger charge is 2.13. The molecule has 25 heavy (non-hydrogen) atoms. The number of anilines is 1. The van der Waals surface area contributed by atoms with Crippen LogP contribution in [0.4, 0.5) is 10.5 Å². The van der Waals surface area contributed by atoms with Gasteiger partial charge in [0.25, 0.3) is 0 Å². The summed E-state index contributed by atoms with van der Waals surface area (Å²) in [5.74, 6) is -0.965. The molecule has 0 heterocycles. The molecule has 1 amide bonds. The molecule has 1 N–H and O–H groups in total. The van der Waals surface area contributed by atoms with Crippen LogP contribution in [0.2, 0.25) is 0 Å². The highest BCUT2D eigenvalue weighted by atomic mass is 16.6. The van der Waals surface area contributed by atoms with E-state index in [1.165, 1.54) is 4.90 Å². The Bertz CT molecular complexity index is 921. The van der Waals surface area contributed by atoms with Gasteiger partial charge in [0, 0.05) is 12.7 Å². The van der Waals surface area contributed by atoms with Crippen LogP contribution in [0.3, 0.4) is 0 Å². The van der Waals surface area contributed by atoms with Crippen LogP contribution in [0, 0.1) is 0 Å². The Morgan fingerprint density at radius 3 is 2.36 bits per heavy atom. The standard InChI is InChI=1S/C20H17NO4/c1-21(20(24)25-13-14-5-3-2-4-6-14)18-10-9-15-11-17(19(22)23)8-7-16(15)12-18/h2-12H,13H2,1H3,(H,22,23). The van der Waals surface area contributed by atoms with Gasteiger partial charge in [-0.25, -0.2) is 9.59 Å². The molecule has 0 aliphatic carbocycles. The minimum atomic E-state index is -0.965. The molecule has 5 heteroatoms. The van der Waals surface area contributed by atoms with Crippen LogP contribution in [-0.4, -0.2) is 24.2 Å². The highest BCUT2D eigenvalue weighted by molar-refractivity contribution is 5.97. The van der Waals surface area contributed by atoms with Crippen molar-refractivity contribution < 1.29 is 19.4 Å². The molecule has 0 aliphatic rings. The molecule has 0 aromatic heterocycles. The number of hydrogen-bond acceptors (Lipinski definition) is 3. The molecule has 3 rings (SSSR count). The number of rotatable bonds is 4. The van der Waals surface area contributed by atoms with Crippen molar-refractivity contribution in [1.29, 1.82) is 0 Å². The third-order valence-corrected chi connectivity index (χ3v) is 3.94. The molecular formula is C20H17NO4. The molecule has 0 saturated carbocycles. The van der Waals surface area contributed by atoms with Gasteiger partial charge in [0.05, 0.1) is 5.56 Å². The van der Waals surface area contributed by atoms with Crippen molar-refractivity contribution in [3.8, 4) is 0 Å². The maximum atomic E-state index is 12.2. The average Bonchev–Trinajstić information content (AvgIpc) is 2.65. The average molecular weight is 335 g/mol. The van der Waals surface area contributed by atoms with Gasteiger partial charge in [0.15, 0.2) is 0 Å². The summed E-state index contributed by atoms with van der Waals surface area (Å²) in [7, 11) is 1.64. The lowest BCUT2D eigenvalue weighted by atomic mass is 10.1. The zero-order chi connectivity index (χ0) is 17.8. The van der Waals surface area contributed by atoms with Crippen molar-refractivity contribution in [2.45, 2.75) is 6.61 Å². The molecule has 0 spiro atoms. The number of fused-ring (bicyclic) bond motifs is 1. The van der Waals surface area contributed by atoms with Crippen LogP contribution in [0.1, 0.15) is 15.9 Å². The van der Waals surface area contributed by atoms with Gasteiger partial charge >= 0.3 is 12.1 Å². The maximum Gasteiger partial charge on any atom is 0.414 e. The Balaban J connectivity index is 1.74. The van der Waals surface area contributed by atoms with Gasteiger partial charge in [0.2, 0.25) is 0 Å². The van der Waals surface area contributed by atoms with Gasteiger partial charge in [-0.05, 0) is 40.6 Å². The first-order chi connectivity index (χ1) is 12.0. The van der Waals surface area contributed by atoms with Gasteiger partial charge in [-0.2, -0.15) is 0 Å². The third kappa shape index (κ3) is 3.77. The first-order valence-electron chi connectivity index (χ1n) is 7.76. The van der Waals surface area contributed by atoms with E-state index in [4.69, 9.17) is 9.84 Å². The van der Waals surface area contributed by atoms with E-state index in [2.05, 4.69) is 0 Å². The van der Waals surface area contributed by atoms with Gasteiger partial charge in [0.1, 0.15) is 6.61 Å². The summed E-state index contributed by atoms with van der Waals surface area (Å²) < 4.78 is 5.32. The molecule has 5 nitrogen and oxygen atoms in total. The van der Waals surface area contributed by atoms with Crippen molar-refractivity contribution in [2.24, 2.45) is 0 Å². The SMILES string of the molecule is CN(C(=O)OCc1ccccc1)c1ccc2cc(C(=O)O)ccc2c1. The minimum Gasteiger partial charge on any atom is -0.478 e. The zero-order valence-electron chi connectivity index (χ0n) is 13.7. The van der Waals surface area contributed by atoms with E-state index in [1.807, 2.05) is 36.4 Å². The second-order valence-corrected chi connectivity index (χ2v) is 5.65. The lowest BCUT2D eigenvalue weighted by Crippen LogP contribution is -2.26. The lowest BCUT2D eigenvalue weighted by Gasteiger charge is -2.18. The number of carbonyl (C=O) groups excluding carboxylic acids is 1. The Kier molecular flexibility index (Phi) is 4.66. The fourth-order valence-electron chi connectivity index (χ4n) is 2.50. The van der Waals surface area contributed by atoms with Crippen LogP contribution in [0.5, 0.6) is 0 Å². The van der Waals surface area contributed by atoms with Gasteiger partial charge < -0.3 is 9.84 Å². The molecule has 0 unspecified atom stereocenters. The molecule has 3 aromatic carbocycles. The summed E-state index contributed by atoms with van der Waals surface area (Å²) in [5.41, 5.74) is 1.83. The summed E-state index contributed by atoms with van der Waals surface area (Å²) in [6, 6.07) is 19.7. The smallest absolute Gasteiger partial charge is 0.414 e. The van der Waals surface area contributed by atoms with E-state index in [0.717, 1.165) is 16.3 Å². The number of nitrogens with zero attached hydrogens (tertiary/aromatic N) is 1. The number of carboxylic acid groups (broad SMARTS) is 1. The Labute approximate surface area is 145 Å². The summed E-state index contributed by atoms with van der Waals surface area (Å²) >= 11 is 0. The molecule has 0 saturated heterocycles. The largest absolute Gasteiger partial charge is 0.478 e. The van der Waals surface area contributed by atoms with Crippen LogP contribution >= 0.6 is 0 Å². The summed E-state index contributed by atoms with van der Waals surface area (Å²) in [4.78, 5) is 24.7. The van der Waals surface area contributed by atoms with E-state index >= 15 is 0 Å². The summed E-state index contributed by atoms with van der Waals surface area (Å²) in [6.07, 6.45) is -0.453. The van der Waals surface area contributed by atoms with E-state index in [9.17, 15) is 9.59 Å². The van der Waals surface area contributed by atoms with Crippen LogP contribution in [-0.2, 0) is 11.3 Å². The highest BCUT2D eigenvalue weighted by Crippen LogP contribution is 2.23. The minimum absolute atomic E-state index is 0.208. The van der Waals surface area contributed by atoms with E-state index in [-0.39, 0.29) is 12.2 Å². The Morgan fingerprint density at radius 2 is 1.64 bits per heavy atom. The van der Waals surface area contributed by atoms with E-state index in [1.54, 1.807) is 37.4 Å². The molecule has 126 valence electrons. The second-order valence-electron chi connectivity index (χ2n) is 5.65. The van der Waals surface area contributed by atoms with Crippen molar-refractivity contribution in [2.75, 3.05) is 11.9 Å². The van der Waals surface area contributed by atoms with Gasteiger partial charge in [-0.15, -0.1) is 0 Å². The van der Waals surface area contributed by atoms with Crippen molar-refractivity contribution in [3.05, 3.63) is 77.9 Å².